The van der Waals surface area contributed by atoms with E-state index in [1.807, 2.05) is 24.3 Å². The lowest BCUT2D eigenvalue weighted by Gasteiger charge is -2.26. The lowest BCUT2D eigenvalue weighted by atomic mass is 10.3. The molecule has 1 aliphatic heterocycles. The molecule has 1 aliphatic rings. The zero-order valence-electron chi connectivity index (χ0n) is 17.5. The molecule has 0 bridgehead atoms. The van der Waals surface area contributed by atoms with Gasteiger partial charge in [0.1, 0.15) is 0 Å². The molecule has 1 saturated heterocycles. The van der Waals surface area contributed by atoms with Crippen LogP contribution in [-0.2, 0) is 24.9 Å². The van der Waals surface area contributed by atoms with Gasteiger partial charge in [-0.1, -0.05) is 12.2 Å². The Hall–Kier alpha value is -2.65. The monoisotopic (exact) mass is 400 g/mol. The summed E-state index contributed by atoms with van der Waals surface area (Å²) in [7, 11) is 1.67. The molecule has 0 radical (unpaired) electrons. The minimum Gasteiger partial charge on any atom is -0.379 e. The summed E-state index contributed by atoms with van der Waals surface area (Å²) in [5.74, 6) is 0.708. The second kappa shape index (κ2) is 7.64. The summed E-state index contributed by atoms with van der Waals surface area (Å²) >= 11 is 0. The molecule has 0 aromatic carbocycles. The Labute approximate surface area is 168 Å². The first-order valence-corrected chi connectivity index (χ1v) is 10.0. The summed E-state index contributed by atoms with van der Waals surface area (Å²) < 4.78 is 12.2. The SMILES string of the molecule is CC=CCn1c(=O)c2c(nc3n(CCN4CCOCC4)c(C)c(C)n23)n(C)c1=O. The Morgan fingerprint density at radius 1 is 1.07 bits per heavy atom. The minimum absolute atomic E-state index is 0.251. The van der Waals surface area contributed by atoms with E-state index < -0.39 is 0 Å². The third-order valence-electron chi connectivity index (χ3n) is 5.90. The molecule has 0 spiro atoms. The topological polar surface area (TPSA) is 78.7 Å². The van der Waals surface area contributed by atoms with Gasteiger partial charge in [-0.25, -0.2) is 4.79 Å². The fourth-order valence-corrected chi connectivity index (χ4v) is 4.02. The molecule has 9 heteroatoms. The smallest absolute Gasteiger partial charge is 0.332 e. The van der Waals surface area contributed by atoms with Crippen molar-refractivity contribution in [3.63, 3.8) is 0 Å². The maximum Gasteiger partial charge on any atom is 0.332 e. The lowest BCUT2D eigenvalue weighted by Crippen LogP contribution is -2.39. The van der Waals surface area contributed by atoms with E-state index in [0.717, 1.165) is 50.8 Å². The van der Waals surface area contributed by atoms with Crippen molar-refractivity contribution >= 4 is 16.9 Å². The van der Waals surface area contributed by atoms with E-state index in [9.17, 15) is 9.59 Å². The molecule has 0 atom stereocenters. The summed E-state index contributed by atoms with van der Waals surface area (Å²) in [4.78, 5) is 33.0. The van der Waals surface area contributed by atoms with Gasteiger partial charge in [-0.05, 0) is 20.8 Å². The lowest BCUT2D eigenvalue weighted by molar-refractivity contribution is 0.0364. The van der Waals surface area contributed by atoms with Crippen LogP contribution in [0.15, 0.2) is 21.7 Å². The molecule has 0 amide bonds. The van der Waals surface area contributed by atoms with Crippen molar-refractivity contribution in [2.45, 2.75) is 33.9 Å². The molecule has 0 unspecified atom stereocenters. The minimum atomic E-state index is -0.351. The van der Waals surface area contributed by atoms with Crippen LogP contribution in [0.2, 0.25) is 0 Å². The van der Waals surface area contributed by atoms with Crippen molar-refractivity contribution in [1.82, 2.24) is 28.0 Å². The highest BCUT2D eigenvalue weighted by Crippen LogP contribution is 2.20. The highest BCUT2D eigenvalue weighted by Gasteiger charge is 2.22. The normalized spacial score (nSPS) is 16.0. The average molecular weight is 400 g/mol. The van der Waals surface area contributed by atoms with Crippen LogP contribution in [0.5, 0.6) is 0 Å². The average Bonchev–Trinajstić information content (AvgIpc) is 3.22. The number of ether oxygens (including phenoxy) is 1. The number of rotatable bonds is 5. The number of hydrogen-bond donors (Lipinski definition) is 0. The molecule has 29 heavy (non-hydrogen) atoms. The summed E-state index contributed by atoms with van der Waals surface area (Å²) in [5, 5.41) is 0. The van der Waals surface area contributed by atoms with E-state index >= 15 is 0 Å². The highest BCUT2D eigenvalue weighted by molar-refractivity contribution is 5.76. The zero-order chi connectivity index (χ0) is 20.7. The van der Waals surface area contributed by atoms with Crippen molar-refractivity contribution in [3.8, 4) is 0 Å². The maximum absolute atomic E-state index is 13.2. The van der Waals surface area contributed by atoms with Gasteiger partial charge in [0.2, 0.25) is 5.78 Å². The third-order valence-corrected chi connectivity index (χ3v) is 5.90. The second-order valence-corrected chi connectivity index (χ2v) is 7.52. The number of fused-ring (bicyclic) bond motifs is 3. The van der Waals surface area contributed by atoms with Gasteiger partial charge in [0.15, 0.2) is 11.2 Å². The van der Waals surface area contributed by atoms with Crippen LogP contribution in [0.4, 0.5) is 0 Å². The van der Waals surface area contributed by atoms with E-state index in [1.54, 1.807) is 13.1 Å². The number of hydrogen-bond acceptors (Lipinski definition) is 5. The Bertz CT molecular complexity index is 1200. The number of imidazole rings is 2. The molecule has 4 rings (SSSR count). The molecular formula is C20H28N6O3. The van der Waals surface area contributed by atoms with Crippen molar-refractivity contribution in [1.29, 1.82) is 0 Å². The van der Waals surface area contributed by atoms with Crippen molar-refractivity contribution in [3.05, 3.63) is 44.4 Å². The number of aryl methyl sites for hydroxylation is 2. The molecule has 0 aliphatic carbocycles. The van der Waals surface area contributed by atoms with Gasteiger partial charge >= 0.3 is 5.69 Å². The van der Waals surface area contributed by atoms with E-state index in [0.29, 0.717) is 16.9 Å². The van der Waals surface area contributed by atoms with Crippen LogP contribution >= 0.6 is 0 Å². The van der Waals surface area contributed by atoms with Gasteiger partial charge in [-0.15, -0.1) is 0 Å². The standard InChI is InChI=1S/C20H28N6O3/c1-5-6-7-25-18(27)16-17(22(4)20(25)28)21-19-24(14(2)15(3)26(16)19)9-8-23-10-12-29-13-11-23/h5-6H,7-13H2,1-4H3. The van der Waals surface area contributed by atoms with Crippen molar-refractivity contribution in [2.75, 3.05) is 32.8 Å². The Morgan fingerprint density at radius 2 is 1.79 bits per heavy atom. The molecule has 3 aromatic heterocycles. The summed E-state index contributed by atoms with van der Waals surface area (Å²) in [6.45, 7) is 11.2. The van der Waals surface area contributed by atoms with Crippen molar-refractivity contribution < 1.29 is 4.74 Å². The number of morpholine rings is 1. The molecule has 9 nitrogen and oxygen atoms in total. The van der Waals surface area contributed by atoms with Gasteiger partial charge in [0.05, 0.1) is 13.2 Å². The number of nitrogens with zero attached hydrogens (tertiary/aromatic N) is 6. The Balaban J connectivity index is 1.87. The fourth-order valence-electron chi connectivity index (χ4n) is 4.02. The van der Waals surface area contributed by atoms with Crippen LogP contribution in [0.1, 0.15) is 18.3 Å². The molecule has 0 N–H and O–H groups in total. The van der Waals surface area contributed by atoms with Gasteiger partial charge in [-0.2, -0.15) is 4.98 Å². The molecule has 1 fully saturated rings. The maximum atomic E-state index is 13.2. The van der Waals surface area contributed by atoms with Gasteiger partial charge < -0.3 is 9.30 Å². The van der Waals surface area contributed by atoms with Crippen LogP contribution in [0, 0.1) is 13.8 Å². The van der Waals surface area contributed by atoms with E-state index in [2.05, 4.69) is 16.4 Å². The van der Waals surface area contributed by atoms with E-state index in [-0.39, 0.29) is 17.8 Å². The van der Waals surface area contributed by atoms with E-state index in [1.165, 1.54) is 9.13 Å². The quantitative estimate of drug-likeness (QED) is 0.589. The predicted molar refractivity (Wildman–Crippen MR) is 112 cm³/mol. The summed E-state index contributed by atoms with van der Waals surface area (Å²) in [6.07, 6.45) is 3.64. The molecule has 3 aromatic rings. The van der Waals surface area contributed by atoms with Crippen molar-refractivity contribution in [2.24, 2.45) is 7.05 Å². The first-order valence-electron chi connectivity index (χ1n) is 10.0. The Morgan fingerprint density at radius 3 is 2.48 bits per heavy atom. The summed E-state index contributed by atoms with van der Waals surface area (Å²) in [5.41, 5.74) is 2.28. The largest absolute Gasteiger partial charge is 0.379 e. The molecular weight excluding hydrogens is 372 g/mol. The molecule has 156 valence electrons. The van der Waals surface area contributed by atoms with Crippen LogP contribution in [-0.4, -0.2) is 60.8 Å². The highest BCUT2D eigenvalue weighted by atomic mass is 16.5. The predicted octanol–water partition coefficient (Wildman–Crippen LogP) is 0.675. The van der Waals surface area contributed by atoms with Crippen LogP contribution in [0.25, 0.3) is 16.9 Å². The van der Waals surface area contributed by atoms with Gasteiger partial charge in [0.25, 0.3) is 5.56 Å². The zero-order valence-corrected chi connectivity index (χ0v) is 17.5. The number of allylic oxidation sites excluding steroid dienone is 2. The summed E-state index contributed by atoms with van der Waals surface area (Å²) in [6, 6.07) is 0. The van der Waals surface area contributed by atoms with Gasteiger partial charge in [0, 0.05) is 51.2 Å². The van der Waals surface area contributed by atoms with Crippen LogP contribution in [0.3, 0.4) is 0 Å². The second-order valence-electron chi connectivity index (χ2n) is 7.52. The first kappa shape index (κ1) is 19.7. The van der Waals surface area contributed by atoms with E-state index in [4.69, 9.17) is 9.72 Å². The first-order chi connectivity index (χ1) is 14.0. The van der Waals surface area contributed by atoms with Gasteiger partial charge in [-0.3, -0.25) is 23.2 Å². The number of aromatic nitrogens is 5. The van der Waals surface area contributed by atoms with Crippen LogP contribution < -0.4 is 11.2 Å². The Kier molecular flexibility index (Phi) is 5.18. The third kappa shape index (κ3) is 3.14. The fraction of sp³-hybridized carbons (Fsp3) is 0.550. The molecule has 0 saturated carbocycles. The molecule has 4 heterocycles.